The molecule has 90 valence electrons. The molecule has 0 atom stereocenters. The van der Waals surface area contributed by atoms with E-state index in [0.29, 0.717) is 11.1 Å². The zero-order valence-electron chi connectivity index (χ0n) is 9.89. The van der Waals surface area contributed by atoms with Crippen LogP contribution in [0.15, 0.2) is 18.2 Å². The Hall–Kier alpha value is -0.600. The molecule has 0 fully saturated rings. The van der Waals surface area contributed by atoms with Crippen molar-refractivity contribution in [3.05, 3.63) is 34.6 Å². The van der Waals surface area contributed by atoms with Gasteiger partial charge in [-0.2, -0.15) is 0 Å². The van der Waals surface area contributed by atoms with E-state index in [0.717, 1.165) is 31.4 Å². The van der Waals surface area contributed by atoms with Crippen LogP contribution in [0.3, 0.4) is 0 Å². The maximum Gasteiger partial charge on any atom is 0.127 e. The summed E-state index contributed by atoms with van der Waals surface area (Å²) in [6, 6.07) is 5.41. The first kappa shape index (κ1) is 13.5. The molecule has 0 aliphatic carbocycles. The van der Waals surface area contributed by atoms with Gasteiger partial charge in [-0.3, -0.25) is 0 Å². The largest absolute Gasteiger partial charge is 0.315 e. The molecule has 0 amide bonds. The van der Waals surface area contributed by atoms with Crippen molar-refractivity contribution >= 4 is 11.6 Å². The molecule has 0 aromatic heterocycles. The highest BCUT2D eigenvalue weighted by Crippen LogP contribution is 2.16. The third-order valence-electron chi connectivity index (χ3n) is 2.44. The zero-order chi connectivity index (χ0) is 12.0. The Kier molecular flexibility index (Phi) is 5.78. The molecule has 0 aliphatic rings. The Balaban J connectivity index is 2.27. The molecule has 0 aliphatic heterocycles. The van der Waals surface area contributed by atoms with Crippen LogP contribution in [0.1, 0.15) is 32.3 Å². The molecule has 3 heteroatoms. The lowest BCUT2D eigenvalue weighted by Gasteiger charge is -2.08. The highest BCUT2D eigenvalue weighted by molar-refractivity contribution is 6.30. The number of unbranched alkanes of at least 4 members (excludes halogenated alkanes) is 1. The fourth-order valence-corrected chi connectivity index (χ4v) is 1.71. The predicted octanol–water partition coefficient (Wildman–Crippen LogP) is 3.80. The average molecular weight is 244 g/mol. The summed E-state index contributed by atoms with van der Waals surface area (Å²) in [5.41, 5.74) is 0.758. The first-order chi connectivity index (χ1) is 7.59. The fraction of sp³-hybridized carbons (Fsp3) is 0.538. The van der Waals surface area contributed by atoms with Gasteiger partial charge < -0.3 is 5.32 Å². The number of hydrogen-bond donors (Lipinski definition) is 1. The molecule has 0 saturated carbocycles. The van der Waals surface area contributed by atoms with Crippen LogP contribution in [-0.4, -0.2) is 12.6 Å². The number of aryl methyl sites for hydroxylation is 1. The molecule has 0 heterocycles. The van der Waals surface area contributed by atoms with E-state index in [2.05, 4.69) is 19.2 Å². The molecule has 0 radical (unpaired) electrons. The topological polar surface area (TPSA) is 12.0 Å². The monoisotopic (exact) mass is 243 g/mol. The number of nitrogens with one attached hydrogen (secondary N) is 1. The summed E-state index contributed by atoms with van der Waals surface area (Å²) in [5, 5.41) is 3.80. The summed E-state index contributed by atoms with van der Waals surface area (Å²) in [6.07, 6.45) is 2.85. The quantitative estimate of drug-likeness (QED) is 0.750. The molecule has 16 heavy (non-hydrogen) atoms. The van der Waals surface area contributed by atoms with Crippen LogP contribution in [0, 0.1) is 5.82 Å². The number of hydrogen-bond acceptors (Lipinski definition) is 1. The van der Waals surface area contributed by atoms with Crippen LogP contribution in [0.25, 0.3) is 0 Å². The zero-order valence-corrected chi connectivity index (χ0v) is 10.6. The van der Waals surface area contributed by atoms with Gasteiger partial charge in [0.1, 0.15) is 5.82 Å². The van der Waals surface area contributed by atoms with E-state index < -0.39 is 0 Å². The summed E-state index contributed by atoms with van der Waals surface area (Å²) >= 11 is 5.69. The summed E-state index contributed by atoms with van der Waals surface area (Å²) in [6.45, 7) is 5.24. The van der Waals surface area contributed by atoms with Gasteiger partial charge >= 0.3 is 0 Å². The van der Waals surface area contributed by atoms with Crippen LogP contribution >= 0.6 is 11.6 Å². The smallest absolute Gasteiger partial charge is 0.127 e. The minimum atomic E-state index is -0.190. The number of benzene rings is 1. The molecule has 0 bridgehead atoms. The van der Waals surface area contributed by atoms with Crippen molar-refractivity contribution in [3.63, 3.8) is 0 Å². The predicted molar refractivity (Wildman–Crippen MR) is 67.5 cm³/mol. The van der Waals surface area contributed by atoms with Crippen molar-refractivity contribution in [1.29, 1.82) is 0 Å². The van der Waals surface area contributed by atoms with Crippen molar-refractivity contribution in [2.45, 2.75) is 39.2 Å². The molecule has 1 rings (SSSR count). The molecule has 1 aromatic carbocycles. The van der Waals surface area contributed by atoms with E-state index in [1.54, 1.807) is 12.1 Å². The van der Waals surface area contributed by atoms with E-state index >= 15 is 0 Å². The van der Waals surface area contributed by atoms with Gasteiger partial charge in [0, 0.05) is 11.1 Å². The second-order valence-electron chi connectivity index (χ2n) is 4.30. The van der Waals surface area contributed by atoms with Gasteiger partial charge in [-0.15, -0.1) is 0 Å². The highest BCUT2D eigenvalue weighted by atomic mass is 35.5. The molecular formula is C13H19ClFN. The molecule has 0 saturated heterocycles. The van der Waals surface area contributed by atoms with Crippen molar-refractivity contribution in [2.75, 3.05) is 6.54 Å². The fourth-order valence-electron chi connectivity index (χ4n) is 1.56. The van der Waals surface area contributed by atoms with Gasteiger partial charge in [0.15, 0.2) is 0 Å². The third-order valence-corrected chi connectivity index (χ3v) is 2.68. The van der Waals surface area contributed by atoms with Gasteiger partial charge in [-0.05, 0) is 43.5 Å². The van der Waals surface area contributed by atoms with Gasteiger partial charge in [0.05, 0.1) is 0 Å². The second-order valence-corrected chi connectivity index (χ2v) is 4.74. The Morgan fingerprint density at radius 1 is 1.31 bits per heavy atom. The Morgan fingerprint density at radius 3 is 2.69 bits per heavy atom. The van der Waals surface area contributed by atoms with Gasteiger partial charge in [-0.25, -0.2) is 4.39 Å². The van der Waals surface area contributed by atoms with Crippen LogP contribution in [-0.2, 0) is 6.42 Å². The van der Waals surface area contributed by atoms with E-state index in [9.17, 15) is 4.39 Å². The lowest BCUT2D eigenvalue weighted by Crippen LogP contribution is -2.23. The van der Waals surface area contributed by atoms with Crippen molar-refractivity contribution in [2.24, 2.45) is 0 Å². The highest BCUT2D eigenvalue weighted by Gasteiger charge is 2.02. The maximum atomic E-state index is 13.4. The first-order valence-electron chi connectivity index (χ1n) is 5.77. The summed E-state index contributed by atoms with van der Waals surface area (Å²) in [5.74, 6) is -0.190. The molecule has 1 N–H and O–H groups in total. The Bertz CT molecular complexity index is 326. The number of rotatable bonds is 6. The van der Waals surface area contributed by atoms with E-state index in [1.165, 1.54) is 6.07 Å². The lowest BCUT2D eigenvalue weighted by molar-refractivity contribution is 0.550. The van der Waals surface area contributed by atoms with Crippen LogP contribution < -0.4 is 5.32 Å². The summed E-state index contributed by atoms with van der Waals surface area (Å²) < 4.78 is 13.4. The first-order valence-corrected chi connectivity index (χ1v) is 6.14. The average Bonchev–Trinajstić information content (AvgIpc) is 2.20. The summed E-state index contributed by atoms with van der Waals surface area (Å²) in [4.78, 5) is 0. The Morgan fingerprint density at radius 2 is 2.06 bits per heavy atom. The van der Waals surface area contributed by atoms with Crippen molar-refractivity contribution in [3.8, 4) is 0 Å². The normalized spacial score (nSPS) is 11.1. The molecule has 1 nitrogen and oxygen atoms in total. The van der Waals surface area contributed by atoms with Gasteiger partial charge in [0.25, 0.3) is 0 Å². The van der Waals surface area contributed by atoms with Gasteiger partial charge in [0.2, 0.25) is 0 Å². The summed E-state index contributed by atoms with van der Waals surface area (Å²) in [7, 11) is 0. The minimum Gasteiger partial charge on any atom is -0.315 e. The molecule has 1 aromatic rings. The standard InChI is InChI=1S/C13H19ClFN/c1-10(2)16-8-4-3-5-11-6-7-12(14)9-13(11)15/h6-7,9-10,16H,3-5,8H2,1-2H3. The van der Waals surface area contributed by atoms with Crippen molar-refractivity contribution < 1.29 is 4.39 Å². The van der Waals surface area contributed by atoms with Crippen LogP contribution in [0.2, 0.25) is 5.02 Å². The minimum absolute atomic E-state index is 0.190. The third kappa shape index (κ3) is 4.95. The van der Waals surface area contributed by atoms with Crippen molar-refractivity contribution in [1.82, 2.24) is 5.32 Å². The SMILES string of the molecule is CC(C)NCCCCc1ccc(Cl)cc1F. The molecule has 0 spiro atoms. The molecule has 0 unspecified atom stereocenters. The lowest BCUT2D eigenvalue weighted by atomic mass is 10.1. The van der Waals surface area contributed by atoms with Crippen LogP contribution in [0.4, 0.5) is 4.39 Å². The Labute approximate surface area is 102 Å². The van der Waals surface area contributed by atoms with E-state index in [4.69, 9.17) is 11.6 Å². The van der Waals surface area contributed by atoms with E-state index in [-0.39, 0.29) is 5.82 Å². The number of halogens is 2. The van der Waals surface area contributed by atoms with E-state index in [1.807, 2.05) is 0 Å². The van der Waals surface area contributed by atoms with Gasteiger partial charge in [-0.1, -0.05) is 31.5 Å². The molecular weight excluding hydrogens is 225 g/mol. The second kappa shape index (κ2) is 6.87. The van der Waals surface area contributed by atoms with Crippen LogP contribution in [0.5, 0.6) is 0 Å². The maximum absolute atomic E-state index is 13.4.